The van der Waals surface area contributed by atoms with Crippen molar-refractivity contribution in [3.05, 3.63) is 0 Å². The molecule has 4 heteroatoms. The van der Waals surface area contributed by atoms with E-state index in [0.29, 0.717) is 18.6 Å². The van der Waals surface area contributed by atoms with Gasteiger partial charge in [0.15, 0.2) is 0 Å². The highest BCUT2D eigenvalue weighted by Gasteiger charge is 2.47. The molecule has 0 aromatic rings. The molecule has 2 aliphatic rings. The lowest BCUT2D eigenvalue weighted by molar-refractivity contribution is -0.125. The third kappa shape index (κ3) is 2.26. The highest BCUT2D eigenvalue weighted by molar-refractivity contribution is 8.18. The maximum Gasteiger partial charge on any atom is 0.135 e. The molecule has 1 saturated carbocycles. The first-order valence-electron chi connectivity index (χ1n) is 5.44. The molecule has 2 rings (SSSR count). The molecule has 1 heterocycles. The van der Waals surface area contributed by atoms with Crippen molar-refractivity contribution in [3.63, 3.8) is 0 Å². The fourth-order valence-electron chi connectivity index (χ4n) is 2.42. The molecule has 0 radical (unpaired) electrons. The topological polar surface area (TPSA) is 34.1 Å². The summed E-state index contributed by atoms with van der Waals surface area (Å²) in [6.07, 6.45) is 3.18. The molecule has 1 spiro atoms. The number of Topliss-reactive ketones (excluding diaryl/α,β-unsaturated/α-hetero) is 2. The van der Waals surface area contributed by atoms with Gasteiger partial charge in [-0.25, -0.2) is 0 Å². The molecule has 0 aromatic heterocycles. The minimum Gasteiger partial charge on any atom is -0.300 e. The lowest BCUT2D eigenvalue weighted by Gasteiger charge is -2.43. The molecule has 15 heavy (non-hydrogen) atoms. The van der Waals surface area contributed by atoms with Crippen molar-refractivity contribution in [1.82, 2.24) is 0 Å². The van der Waals surface area contributed by atoms with E-state index in [0.717, 1.165) is 17.9 Å². The monoisotopic (exact) mass is 244 g/mol. The van der Waals surface area contributed by atoms with Crippen molar-refractivity contribution in [3.8, 4) is 0 Å². The van der Waals surface area contributed by atoms with E-state index in [4.69, 9.17) is 0 Å². The van der Waals surface area contributed by atoms with Gasteiger partial charge in [0.2, 0.25) is 0 Å². The van der Waals surface area contributed by atoms with Gasteiger partial charge in [0.05, 0.1) is 4.08 Å². The molecular formula is C11H16O2S2. The van der Waals surface area contributed by atoms with Gasteiger partial charge in [-0.15, -0.1) is 23.5 Å². The smallest absolute Gasteiger partial charge is 0.135 e. The first-order valence-corrected chi connectivity index (χ1v) is 7.41. The number of hydrogen-bond donors (Lipinski definition) is 0. The molecule has 84 valence electrons. The van der Waals surface area contributed by atoms with Crippen molar-refractivity contribution in [2.45, 2.75) is 36.7 Å². The maximum atomic E-state index is 11.6. The molecule has 2 nitrogen and oxygen atoms in total. The summed E-state index contributed by atoms with van der Waals surface area (Å²) in [7, 11) is 0. The molecule has 0 aromatic carbocycles. The fraction of sp³-hybridized carbons (Fsp3) is 0.818. The lowest BCUT2D eigenvalue weighted by atomic mass is 9.85. The van der Waals surface area contributed by atoms with Crippen LogP contribution in [-0.2, 0) is 9.59 Å². The van der Waals surface area contributed by atoms with E-state index in [-0.39, 0.29) is 15.8 Å². The Morgan fingerprint density at radius 3 is 2.67 bits per heavy atom. The summed E-state index contributed by atoms with van der Waals surface area (Å²) in [5, 5.41) is 0. The van der Waals surface area contributed by atoms with Crippen LogP contribution >= 0.6 is 23.5 Å². The molecule has 1 saturated heterocycles. The predicted octanol–water partition coefficient (Wildman–Crippen LogP) is 2.51. The standard InChI is InChI=1S/C11H16O2S2/c1-8(12)10-4-3-9(13)7-11(10)14-5-2-6-15-11/h10H,2-7H2,1H3. The van der Waals surface area contributed by atoms with Gasteiger partial charge in [0, 0.05) is 18.8 Å². The molecule has 0 bridgehead atoms. The number of ketones is 2. The van der Waals surface area contributed by atoms with Crippen LogP contribution in [0.3, 0.4) is 0 Å². The average molecular weight is 244 g/mol. The van der Waals surface area contributed by atoms with Crippen LogP contribution in [0.25, 0.3) is 0 Å². The van der Waals surface area contributed by atoms with Gasteiger partial charge in [0.1, 0.15) is 11.6 Å². The van der Waals surface area contributed by atoms with Gasteiger partial charge in [-0.1, -0.05) is 0 Å². The van der Waals surface area contributed by atoms with E-state index in [1.54, 1.807) is 6.92 Å². The SMILES string of the molecule is CC(=O)C1CCC(=O)CC12SCCCS2. The zero-order valence-corrected chi connectivity index (χ0v) is 10.6. The van der Waals surface area contributed by atoms with E-state index >= 15 is 0 Å². The Kier molecular flexibility index (Phi) is 3.45. The maximum absolute atomic E-state index is 11.6. The highest BCUT2D eigenvalue weighted by atomic mass is 32.2. The Balaban J connectivity index is 2.21. The molecule has 1 atom stereocenters. The minimum atomic E-state index is -0.0978. The fourth-order valence-corrected chi connectivity index (χ4v) is 6.20. The zero-order valence-electron chi connectivity index (χ0n) is 8.95. The van der Waals surface area contributed by atoms with E-state index in [1.165, 1.54) is 6.42 Å². The molecule has 1 aliphatic heterocycles. The first kappa shape index (κ1) is 11.5. The van der Waals surface area contributed by atoms with Crippen LogP contribution in [0.2, 0.25) is 0 Å². The van der Waals surface area contributed by atoms with Crippen molar-refractivity contribution in [2.75, 3.05) is 11.5 Å². The number of carbonyl (C=O) groups is 2. The normalized spacial score (nSPS) is 30.5. The molecule has 0 N–H and O–H groups in total. The Morgan fingerprint density at radius 2 is 2.07 bits per heavy atom. The summed E-state index contributed by atoms with van der Waals surface area (Å²) in [4.78, 5) is 23.2. The number of carbonyl (C=O) groups excluding carboxylic acids is 2. The third-order valence-corrected chi connectivity index (χ3v) is 6.69. The summed E-state index contributed by atoms with van der Waals surface area (Å²) in [5.74, 6) is 2.91. The molecule has 1 aliphatic carbocycles. The molecular weight excluding hydrogens is 228 g/mol. The van der Waals surface area contributed by atoms with Gasteiger partial charge >= 0.3 is 0 Å². The van der Waals surface area contributed by atoms with Crippen LogP contribution in [0.15, 0.2) is 0 Å². The number of thioether (sulfide) groups is 2. The quantitative estimate of drug-likeness (QED) is 0.710. The van der Waals surface area contributed by atoms with Crippen LogP contribution in [-0.4, -0.2) is 27.2 Å². The van der Waals surface area contributed by atoms with Crippen molar-refractivity contribution in [1.29, 1.82) is 0 Å². The van der Waals surface area contributed by atoms with Gasteiger partial charge in [0.25, 0.3) is 0 Å². The van der Waals surface area contributed by atoms with E-state index in [2.05, 4.69) is 0 Å². The van der Waals surface area contributed by atoms with Crippen molar-refractivity contribution < 1.29 is 9.59 Å². The first-order chi connectivity index (χ1) is 7.14. The second-order valence-corrected chi connectivity index (χ2v) is 7.39. The van der Waals surface area contributed by atoms with E-state index in [1.807, 2.05) is 23.5 Å². The second-order valence-electron chi connectivity index (χ2n) is 4.28. The largest absolute Gasteiger partial charge is 0.300 e. The van der Waals surface area contributed by atoms with E-state index in [9.17, 15) is 9.59 Å². The van der Waals surface area contributed by atoms with Crippen molar-refractivity contribution >= 4 is 35.1 Å². The third-order valence-electron chi connectivity index (χ3n) is 3.16. The molecule has 0 amide bonds. The predicted molar refractivity (Wildman–Crippen MR) is 65.3 cm³/mol. The Hall–Kier alpha value is 0.0400. The Labute approximate surface area is 98.9 Å². The highest BCUT2D eigenvalue weighted by Crippen LogP contribution is 2.53. The Morgan fingerprint density at radius 1 is 1.40 bits per heavy atom. The lowest BCUT2D eigenvalue weighted by Crippen LogP contribution is -2.43. The zero-order chi connectivity index (χ0) is 10.9. The van der Waals surface area contributed by atoms with Gasteiger partial charge in [-0.2, -0.15) is 0 Å². The average Bonchev–Trinajstić information content (AvgIpc) is 2.18. The summed E-state index contributed by atoms with van der Waals surface area (Å²) in [6.45, 7) is 1.68. The molecule has 1 unspecified atom stereocenters. The van der Waals surface area contributed by atoms with Crippen LogP contribution in [0.5, 0.6) is 0 Å². The van der Waals surface area contributed by atoms with Crippen LogP contribution < -0.4 is 0 Å². The number of hydrogen-bond acceptors (Lipinski definition) is 4. The second kappa shape index (κ2) is 4.50. The summed E-state index contributed by atoms with van der Waals surface area (Å²) in [5.41, 5.74) is 0. The molecule has 2 fully saturated rings. The van der Waals surface area contributed by atoms with Crippen LogP contribution in [0.4, 0.5) is 0 Å². The van der Waals surface area contributed by atoms with E-state index < -0.39 is 0 Å². The summed E-state index contributed by atoms with van der Waals surface area (Å²) in [6, 6.07) is 0. The number of rotatable bonds is 1. The van der Waals surface area contributed by atoms with Crippen LogP contribution in [0, 0.1) is 5.92 Å². The summed E-state index contributed by atoms with van der Waals surface area (Å²) < 4.78 is -0.0978. The van der Waals surface area contributed by atoms with Gasteiger partial charge in [-0.3, -0.25) is 9.59 Å². The summed E-state index contributed by atoms with van der Waals surface area (Å²) >= 11 is 3.70. The Bertz CT molecular complexity index is 282. The van der Waals surface area contributed by atoms with Crippen LogP contribution in [0.1, 0.15) is 32.6 Å². The van der Waals surface area contributed by atoms with Crippen molar-refractivity contribution in [2.24, 2.45) is 5.92 Å². The van der Waals surface area contributed by atoms with Gasteiger partial charge < -0.3 is 0 Å². The van der Waals surface area contributed by atoms with Gasteiger partial charge in [-0.05, 0) is 31.3 Å². The minimum absolute atomic E-state index is 0.0978.